The molecule has 11 nitrogen and oxygen atoms in total. The van der Waals surface area contributed by atoms with Crippen molar-refractivity contribution in [3.63, 3.8) is 0 Å². The summed E-state index contributed by atoms with van der Waals surface area (Å²) in [6.07, 6.45) is 0. The van der Waals surface area contributed by atoms with Crippen LogP contribution < -0.4 is 15.2 Å². The lowest BCUT2D eigenvalue weighted by Gasteiger charge is -2.10. The first kappa shape index (κ1) is 21.7. The van der Waals surface area contributed by atoms with E-state index in [1.807, 2.05) is 0 Å². The van der Waals surface area contributed by atoms with Crippen LogP contribution in [0.4, 0.5) is 15.8 Å². The number of hydrogen-bond acceptors (Lipinski definition) is 8. The Morgan fingerprint density at radius 2 is 1.93 bits per heavy atom. The summed E-state index contributed by atoms with van der Waals surface area (Å²) in [6, 6.07) is 5.71. The summed E-state index contributed by atoms with van der Waals surface area (Å²) < 4.78 is 45.7. The van der Waals surface area contributed by atoms with Crippen molar-refractivity contribution in [3.05, 3.63) is 57.9 Å². The fraction of sp³-hybridized carbons (Fsp3) is 0.125. The van der Waals surface area contributed by atoms with E-state index in [0.29, 0.717) is 6.07 Å². The zero-order chi connectivity index (χ0) is 21.8. The number of halogens is 1. The van der Waals surface area contributed by atoms with E-state index in [0.717, 1.165) is 24.3 Å². The summed E-state index contributed by atoms with van der Waals surface area (Å²) in [4.78, 5) is 33.8. The molecule has 0 atom stereocenters. The monoisotopic (exact) mass is 427 g/mol. The van der Waals surface area contributed by atoms with E-state index in [1.54, 1.807) is 0 Å². The molecule has 0 saturated heterocycles. The third-order valence-electron chi connectivity index (χ3n) is 3.48. The van der Waals surface area contributed by atoms with Crippen LogP contribution in [0.2, 0.25) is 0 Å². The van der Waals surface area contributed by atoms with E-state index in [4.69, 9.17) is 14.6 Å². The molecular weight excluding hydrogens is 413 g/mol. The lowest BCUT2D eigenvalue weighted by molar-refractivity contribution is -0.384. The quantitative estimate of drug-likeness (QED) is 0.377. The van der Waals surface area contributed by atoms with Crippen molar-refractivity contribution in [3.8, 4) is 5.75 Å². The highest BCUT2D eigenvalue weighted by molar-refractivity contribution is 7.89. The lowest BCUT2D eigenvalue weighted by Crippen LogP contribution is -2.22. The number of amides is 1. The molecule has 0 unspecified atom stereocenters. The van der Waals surface area contributed by atoms with Gasteiger partial charge in [-0.2, -0.15) is 0 Å². The van der Waals surface area contributed by atoms with E-state index in [2.05, 4.69) is 5.32 Å². The topological polar surface area (TPSA) is 168 Å². The molecule has 0 saturated carbocycles. The predicted molar refractivity (Wildman–Crippen MR) is 96.3 cm³/mol. The summed E-state index contributed by atoms with van der Waals surface area (Å²) in [7, 11) is -2.88. The highest BCUT2D eigenvalue weighted by Gasteiger charge is 2.21. The van der Waals surface area contributed by atoms with Gasteiger partial charge in [0.1, 0.15) is 22.8 Å². The summed E-state index contributed by atoms with van der Waals surface area (Å²) in [6.45, 7) is -0.865. The van der Waals surface area contributed by atoms with Gasteiger partial charge in [0, 0.05) is 0 Å². The molecule has 13 heteroatoms. The summed E-state index contributed by atoms with van der Waals surface area (Å²) in [5.74, 6) is -2.95. The van der Waals surface area contributed by atoms with E-state index >= 15 is 0 Å². The third-order valence-corrected chi connectivity index (χ3v) is 4.40. The largest absolute Gasteiger partial charge is 0.496 e. The molecule has 0 radical (unpaired) electrons. The Kier molecular flexibility index (Phi) is 6.45. The van der Waals surface area contributed by atoms with Gasteiger partial charge in [0.25, 0.3) is 11.6 Å². The highest BCUT2D eigenvalue weighted by Crippen LogP contribution is 2.25. The van der Waals surface area contributed by atoms with Gasteiger partial charge in [-0.1, -0.05) is 0 Å². The minimum Gasteiger partial charge on any atom is -0.496 e. The SMILES string of the molecule is COc1ccc(S(N)(=O)=O)cc1C(=O)OCC(=O)Nc1ccc(F)cc1[N+](=O)[O-]. The number of nitrogens with zero attached hydrogens (tertiary/aromatic N) is 1. The number of esters is 1. The summed E-state index contributed by atoms with van der Waals surface area (Å²) in [5.41, 5.74) is -1.29. The fourth-order valence-corrected chi connectivity index (χ4v) is 2.72. The number of nitro groups is 1. The van der Waals surface area contributed by atoms with Gasteiger partial charge in [-0.15, -0.1) is 0 Å². The standard InChI is InChI=1S/C16H14FN3O8S/c1-27-14-5-3-10(29(18,25)26)7-11(14)16(22)28-8-15(21)19-12-4-2-9(17)6-13(12)20(23)24/h2-7H,8H2,1H3,(H,19,21)(H2,18,25,26). The molecular formula is C16H14FN3O8S. The first-order valence-corrected chi connectivity index (χ1v) is 9.19. The zero-order valence-corrected chi connectivity index (χ0v) is 15.6. The first-order valence-electron chi connectivity index (χ1n) is 7.64. The summed E-state index contributed by atoms with van der Waals surface area (Å²) >= 11 is 0. The molecule has 0 aromatic heterocycles. The van der Waals surface area contributed by atoms with Crippen molar-refractivity contribution in [2.24, 2.45) is 5.14 Å². The second-order valence-electron chi connectivity index (χ2n) is 5.45. The van der Waals surface area contributed by atoms with Gasteiger partial charge in [0.2, 0.25) is 10.0 Å². The van der Waals surface area contributed by atoms with Gasteiger partial charge >= 0.3 is 5.97 Å². The van der Waals surface area contributed by atoms with Gasteiger partial charge in [0.05, 0.1) is 23.0 Å². The lowest BCUT2D eigenvalue weighted by atomic mass is 10.2. The molecule has 2 aromatic rings. The summed E-state index contributed by atoms with van der Waals surface area (Å²) in [5, 5.41) is 18.0. The number of rotatable bonds is 7. The maximum atomic E-state index is 13.1. The zero-order valence-electron chi connectivity index (χ0n) is 14.7. The molecule has 0 fully saturated rings. The predicted octanol–water partition coefficient (Wildman–Crippen LogP) is 1.19. The van der Waals surface area contributed by atoms with Crippen molar-refractivity contribution < 1.29 is 36.8 Å². The van der Waals surface area contributed by atoms with Crippen LogP contribution in [0.3, 0.4) is 0 Å². The molecule has 0 aliphatic rings. The number of nitrogens with one attached hydrogen (secondary N) is 1. The third kappa shape index (κ3) is 5.46. The second kappa shape index (κ2) is 8.62. The van der Waals surface area contributed by atoms with E-state index in [-0.39, 0.29) is 21.9 Å². The number of hydrogen-bond donors (Lipinski definition) is 2. The number of carbonyl (C=O) groups is 2. The van der Waals surface area contributed by atoms with Crippen molar-refractivity contribution in [2.75, 3.05) is 19.0 Å². The number of anilines is 1. The maximum absolute atomic E-state index is 13.1. The van der Waals surface area contributed by atoms with E-state index in [9.17, 15) is 32.5 Å². The van der Waals surface area contributed by atoms with Crippen LogP contribution in [0.5, 0.6) is 5.75 Å². The normalized spacial score (nSPS) is 10.9. The van der Waals surface area contributed by atoms with Gasteiger partial charge in [-0.05, 0) is 30.3 Å². The molecule has 0 aliphatic heterocycles. The van der Waals surface area contributed by atoms with E-state index < -0.39 is 44.9 Å². The maximum Gasteiger partial charge on any atom is 0.342 e. The first-order chi connectivity index (χ1) is 13.5. The Labute approximate surface area is 163 Å². The molecule has 0 spiro atoms. The number of ether oxygens (including phenoxy) is 2. The smallest absolute Gasteiger partial charge is 0.342 e. The second-order valence-corrected chi connectivity index (χ2v) is 7.01. The van der Waals surface area contributed by atoms with Gasteiger partial charge < -0.3 is 14.8 Å². The molecule has 1 amide bonds. The van der Waals surface area contributed by atoms with Crippen LogP contribution >= 0.6 is 0 Å². The minimum atomic E-state index is -4.11. The Morgan fingerprint density at radius 1 is 1.24 bits per heavy atom. The van der Waals surface area contributed by atoms with Crippen LogP contribution in [0.25, 0.3) is 0 Å². The number of nitro benzene ring substituents is 1. The molecule has 2 rings (SSSR count). The number of primary sulfonamides is 1. The number of sulfonamides is 1. The van der Waals surface area contributed by atoms with Crippen molar-refractivity contribution in [1.82, 2.24) is 0 Å². The van der Waals surface area contributed by atoms with Gasteiger partial charge in [-0.25, -0.2) is 22.7 Å². The molecule has 0 heterocycles. The average Bonchev–Trinajstić information content (AvgIpc) is 2.66. The molecule has 29 heavy (non-hydrogen) atoms. The molecule has 0 aliphatic carbocycles. The van der Waals surface area contributed by atoms with Crippen LogP contribution in [-0.2, 0) is 19.6 Å². The van der Waals surface area contributed by atoms with Crippen LogP contribution in [0, 0.1) is 15.9 Å². The number of carbonyl (C=O) groups excluding carboxylic acids is 2. The number of methoxy groups -OCH3 is 1. The molecule has 0 bridgehead atoms. The average molecular weight is 427 g/mol. The Morgan fingerprint density at radius 3 is 2.52 bits per heavy atom. The number of benzene rings is 2. The van der Waals surface area contributed by atoms with Crippen LogP contribution in [-0.4, -0.2) is 38.9 Å². The van der Waals surface area contributed by atoms with Gasteiger partial charge in [0.15, 0.2) is 6.61 Å². The minimum absolute atomic E-state index is 0.0306. The van der Waals surface area contributed by atoms with Gasteiger partial charge in [-0.3, -0.25) is 14.9 Å². The van der Waals surface area contributed by atoms with Crippen LogP contribution in [0.15, 0.2) is 41.3 Å². The molecule has 3 N–H and O–H groups in total. The Hall–Kier alpha value is -3.58. The van der Waals surface area contributed by atoms with Crippen molar-refractivity contribution in [2.45, 2.75) is 4.90 Å². The molecule has 154 valence electrons. The number of nitrogens with two attached hydrogens (primary N) is 1. The fourth-order valence-electron chi connectivity index (χ4n) is 2.18. The van der Waals surface area contributed by atoms with Crippen molar-refractivity contribution in [1.29, 1.82) is 0 Å². The van der Waals surface area contributed by atoms with Crippen LogP contribution in [0.1, 0.15) is 10.4 Å². The van der Waals surface area contributed by atoms with E-state index in [1.165, 1.54) is 13.2 Å². The Balaban J connectivity index is 2.14. The molecule has 2 aromatic carbocycles. The van der Waals surface area contributed by atoms with Crippen molar-refractivity contribution >= 4 is 33.3 Å². The Bertz CT molecular complexity index is 1090. The highest BCUT2D eigenvalue weighted by atomic mass is 32.2.